The maximum absolute atomic E-state index is 11.6. The van der Waals surface area contributed by atoms with E-state index >= 15 is 0 Å². The minimum atomic E-state index is -0.271. The summed E-state index contributed by atoms with van der Waals surface area (Å²) in [5, 5.41) is 3.32. The second kappa shape index (κ2) is 6.35. The van der Waals surface area contributed by atoms with E-state index in [9.17, 15) is 4.79 Å². The first-order valence-electron chi connectivity index (χ1n) is 6.14. The highest BCUT2D eigenvalue weighted by molar-refractivity contribution is 5.88. The first kappa shape index (κ1) is 12.0. The molecule has 2 rings (SSSR count). The summed E-state index contributed by atoms with van der Waals surface area (Å²) >= 11 is 0. The molecule has 92 valence electrons. The molecule has 0 saturated carbocycles. The van der Waals surface area contributed by atoms with Gasteiger partial charge in [-0.2, -0.15) is 0 Å². The van der Waals surface area contributed by atoms with E-state index in [2.05, 4.69) is 10.3 Å². The molecule has 1 fully saturated rings. The fraction of sp³-hybridized carbons (Fsp3) is 0.538. The van der Waals surface area contributed by atoms with Crippen LogP contribution in [-0.2, 0) is 4.74 Å². The zero-order chi connectivity index (χ0) is 11.9. The van der Waals surface area contributed by atoms with Gasteiger partial charge < -0.3 is 10.1 Å². The summed E-state index contributed by atoms with van der Waals surface area (Å²) in [5.41, 5.74) is 0.526. The van der Waals surface area contributed by atoms with Gasteiger partial charge in [0.25, 0.3) is 0 Å². The van der Waals surface area contributed by atoms with Crippen LogP contribution >= 0.6 is 0 Å². The van der Waals surface area contributed by atoms with Crippen molar-refractivity contribution in [1.29, 1.82) is 0 Å². The van der Waals surface area contributed by atoms with Gasteiger partial charge in [-0.15, -0.1) is 0 Å². The van der Waals surface area contributed by atoms with Crippen LogP contribution in [0.25, 0.3) is 0 Å². The number of ether oxygens (including phenoxy) is 1. The number of esters is 1. The molecule has 0 spiro atoms. The molecular formula is C13H18N2O2. The third kappa shape index (κ3) is 3.82. The zero-order valence-electron chi connectivity index (χ0n) is 9.89. The van der Waals surface area contributed by atoms with Gasteiger partial charge in [-0.1, -0.05) is 0 Å². The van der Waals surface area contributed by atoms with Crippen molar-refractivity contribution < 1.29 is 9.53 Å². The molecule has 0 bridgehead atoms. The van der Waals surface area contributed by atoms with Gasteiger partial charge in [-0.3, -0.25) is 4.98 Å². The number of aromatic nitrogens is 1. The summed E-state index contributed by atoms with van der Waals surface area (Å²) in [4.78, 5) is 15.5. The third-order valence-electron chi connectivity index (χ3n) is 3.12. The van der Waals surface area contributed by atoms with E-state index < -0.39 is 0 Å². The van der Waals surface area contributed by atoms with Crippen molar-refractivity contribution in [3.8, 4) is 0 Å². The van der Waals surface area contributed by atoms with Crippen molar-refractivity contribution in [1.82, 2.24) is 10.3 Å². The van der Waals surface area contributed by atoms with E-state index in [4.69, 9.17) is 4.74 Å². The Morgan fingerprint density at radius 3 is 3.00 bits per heavy atom. The minimum absolute atomic E-state index is 0.271. The molecule has 4 nitrogen and oxygen atoms in total. The van der Waals surface area contributed by atoms with Crippen molar-refractivity contribution >= 4 is 5.97 Å². The lowest BCUT2D eigenvalue weighted by Gasteiger charge is -2.22. The normalized spacial score (nSPS) is 16.7. The maximum Gasteiger partial charge on any atom is 0.339 e. The van der Waals surface area contributed by atoms with Crippen LogP contribution in [0.1, 0.15) is 29.6 Å². The van der Waals surface area contributed by atoms with E-state index in [1.165, 1.54) is 19.0 Å². The quantitative estimate of drug-likeness (QED) is 0.804. The predicted molar refractivity (Wildman–Crippen MR) is 64.7 cm³/mol. The molecule has 4 heteroatoms. The minimum Gasteiger partial charge on any atom is -0.462 e. The Balaban J connectivity index is 1.69. The molecule has 0 atom stereocenters. The van der Waals surface area contributed by atoms with Crippen molar-refractivity contribution in [3.63, 3.8) is 0 Å². The topological polar surface area (TPSA) is 51.2 Å². The lowest BCUT2D eigenvalue weighted by atomic mass is 9.95. The molecule has 1 aliphatic rings. The lowest BCUT2D eigenvalue weighted by molar-refractivity contribution is 0.0476. The Hall–Kier alpha value is -1.42. The highest BCUT2D eigenvalue weighted by Gasteiger charge is 2.14. The van der Waals surface area contributed by atoms with Gasteiger partial charge in [-0.25, -0.2) is 4.79 Å². The molecule has 0 unspecified atom stereocenters. The van der Waals surface area contributed by atoms with Crippen LogP contribution in [0.4, 0.5) is 0 Å². The zero-order valence-corrected chi connectivity index (χ0v) is 9.89. The fourth-order valence-electron chi connectivity index (χ4n) is 2.06. The standard InChI is InChI=1S/C13H18N2O2/c16-13(12-2-1-6-15-10-12)17-9-5-11-3-7-14-8-4-11/h1-2,6,10-11,14H,3-5,7-9H2. The van der Waals surface area contributed by atoms with Crippen molar-refractivity contribution in [2.24, 2.45) is 5.92 Å². The van der Waals surface area contributed by atoms with Crippen LogP contribution < -0.4 is 5.32 Å². The molecule has 0 radical (unpaired) electrons. The van der Waals surface area contributed by atoms with Gasteiger partial charge in [0.2, 0.25) is 0 Å². The highest BCUT2D eigenvalue weighted by Crippen LogP contribution is 2.15. The van der Waals surface area contributed by atoms with E-state index in [0.717, 1.165) is 19.5 Å². The van der Waals surface area contributed by atoms with E-state index in [1.54, 1.807) is 18.3 Å². The number of nitrogens with one attached hydrogen (secondary N) is 1. The van der Waals surface area contributed by atoms with Crippen LogP contribution in [0.2, 0.25) is 0 Å². The summed E-state index contributed by atoms with van der Waals surface area (Å²) in [6.45, 7) is 2.68. The molecule has 1 aromatic heterocycles. The van der Waals surface area contributed by atoms with E-state index in [1.807, 2.05) is 0 Å². The number of piperidine rings is 1. The first-order chi connectivity index (χ1) is 8.36. The number of carbonyl (C=O) groups excluding carboxylic acids is 1. The number of pyridine rings is 1. The average molecular weight is 234 g/mol. The second-order valence-corrected chi connectivity index (χ2v) is 4.36. The van der Waals surface area contributed by atoms with Gasteiger partial charge in [0, 0.05) is 12.4 Å². The average Bonchev–Trinajstić information content (AvgIpc) is 2.41. The molecule has 1 aromatic rings. The number of nitrogens with zero attached hydrogens (tertiary/aromatic N) is 1. The Bertz CT molecular complexity index is 348. The van der Waals surface area contributed by atoms with Crippen molar-refractivity contribution in [3.05, 3.63) is 30.1 Å². The molecule has 0 aliphatic carbocycles. The Kier molecular flexibility index (Phi) is 4.50. The summed E-state index contributed by atoms with van der Waals surface area (Å²) < 4.78 is 5.23. The summed E-state index contributed by atoms with van der Waals surface area (Å²) in [6.07, 6.45) is 6.52. The molecule has 17 heavy (non-hydrogen) atoms. The van der Waals surface area contributed by atoms with Gasteiger partial charge in [0.15, 0.2) is 0 Å². The number of carbonyl (C=O) groups is 1. The van der Waals surface area contributed by atoms with Gasteiger partial charge in [-0.05, 0) is 50.4 Å². The summed E-state index contributed by atoms with van der Waals surface area (Å²) in [5.74, 6) is 0.421. The lowest BCUT2D eigenvalue weighted by Crippen LogP contribution is -2.28. The fourth-order valence-corrected chi connectivity index (χ4v) is 2.06. The SMILES string of the molecule is O=C(OCCC1CCNCC1)c1cccnc1. The molecule has 1 aliphatic heterocycles. The third-order valence-corrected chi connectivity index (χ3v) is 3.12. The molecule has 2 heterocycles. The van der Waals surface area contributed by atoms with Crippen LogP contribution in [-0.4, -0.2) is 30.6 Å². The number of hydrogen-bond acceptors (Lipinski definition) is 4. The largest absolute Gasteiger partial charge is 0.462 e. The Morgan fingerprint density at radius 1 is 1.47 bits per heavy atom. The summed E-state index contributed by atoms with van der Waals surface area (Å²) in [6, 6.07) is 3.46. The molecule has 0 amide bonds. The van der Waals surface area contributed by atoms with Gasteiger partial charge >= 0.3 is 5.97 Å². The summed E-state index contributed by atoms with van der Waals surface area (Å²) in [7, 11) is 0. The maximum atomic E-state index is 11.6. The van der Waals surface area contributed by atoms with Crippen LogP contribution in [0, 0.1) is 5.92 Å². The van der Waals surface area contributed by atoms with E-state index in [-0.39, 0.29) is 5.97 Å². The smallest absolute Gasteiger partial charge is 0.339 e. The van der Waals surface area contributed by atoms with Gasteiger partial charge in [0.1, 0.15) is 0 Å². The van der Waals surface area contributed by atoms with Crippen LogP contribution in [0.3, 0.4) is 0 Å². The number of rotatable bonds is 4. The molecule has 1 saturated heterocycles. The molecular weight excluding hydrogens is 216 g/mol. The first-order valence-corrected chi connectivity index (χ1v) is 6.14. The van der Waals surface area contributed by atoms with E-state index in [0.29, 0.717) is 18.1 Å². The van der Waals surface area contributed by atoms with Crippen LogP contribution in [0.15, 0.2) is 24.5 Å². The van der Waals surface area contributed by atoms with Crippen LogP contribution in [0.5, 0.6) is 0 Å². The predicted octanol–water partition coefficient (Wildman–Crippen LogP) is 1.63. The van der Waals surface area contributed by atoms with Crippen molar-refractivity contribution in [2.75, 3.05) is 19.7 Å². The van der Waals surface area contributed by atoms with Gasteiger partial charge in [0.05, 0.1) is 12.2 Å². The molecule has 0 aromatic carbocycles. The van der Waals surface area contributed by atoms with Crippen molar-refractivity contribution in [2.45, 2.75) is 19.3 Å². The second-order valence-electron chi connectivity index (χ2n) is 4.36. The monoisotopic (exact) mass is 234 g/mol. The Morgan fingerprint density at radius 2 is 2.29 bits per heavy atom. The Labute approximate surface area is 101 Å². The highest BCUT2D eigenvalue weighted by atomic mass is 16.5. The number of hydrogen-bond donors (Lipinski definition) is 1. The molecule has 1 N–H and O–H groups in total.